The molecule has 0 saturated carbocycles. The van der Waals surface area contributed by atoms with Gasteiger partial charge in [0.1, 0.15) is 0 Å². The van der Waals surface area contributed by atoms with Crippen LogP contribution in [0.2, 0.25) is 0 Å². The minimum absolute atomic E-state index is 0.115. The van der Waals surface area contributed by atoms with Gasteiger partial charge >= 0.3 is 6.03 Å². The average molecular weight is 297 g/mol. The zero-order valence-corrected chi connectivity index (χ0v) is 13.4. The molecular formula is C18H23N3O. The van der Waals surface area contributed by atoms with Gasteiger partial charge in [-0.3, -0.25) is 4.98 Å². The Kier molecular flexibility index (Phi) is 5.15. The maximum absolute atomic E-state index is 11.8. The first-order valence-corrected chi connectivity index (χ1v) is 7.50. The van der Waals surface area contributed by atoms with E-state index in [1.54, 1.807) is 6.20 Å². The maximum Gasteiger partial charge on any atom is 0.319 e. The Labute approximate surface area is 132 Å². The summed E-state index contributed by atoms with van der Waals surface area (Å²) in [6.45, 7) is 7.06. The number of pyridine rings is 1. The van der Waals surface area contributed by atoms with Gasteiger partial charge in [0, 0.05) is 30.5 Å². The normalized spacial score (nSPS) is 11.0. The van der Waals surface area contributed by atoms with E-state index in [9.17, 15) is 4.79 Å². The van der Waals surface area contributed by atoms with Crippen LogP contribution in [0.5, 0.6) is 0 Å². The maximum atomic E-state index is 11.8. The Bertz CT molecular complexity index is 600. The van der Waals surface area contributed by atoms with Gasteiger partial charge in [-0.25, -0.2) is 4.79 Å². The molecule has 1 aromatic heterocycles. The first kappa shape index (κ1) is 16.0. The van der Waals surface area contributed by atoms with Gasteiger partial charge in [0.25, 0.3) is 0 Å². The summed E-state index contributed by atoms with van der Waals surface area (Å²) < 4.78 is 0. The van der Waals surface area contributed by atoms with E-state index in [2.05, 4.69) is 36.4 Å². The number of nitrogens with one attached hydrogen (secondary N) is 2. The summed E-state index contributed by atoms with van der Waals surface area (Å²) >= 11 is 0. The van der Waals surface area contributed by atoms with E-state index in [0.29, 0.717) is 6.54 Å². The number of rotatable bonds is 4. The number of hydrogen-bond acceptors (Lipinski definition) is 2. The molecule has 22 heavy (non-hydrogen) atoms. The number of carbonyl (C=O) groups excluding carboxylic acids is 1. The summed E-state index contributed by atoms with van der Waals surface area (Å²) in [5.41, 5.74) is 3.12. The lowest BCUT2D eigenvalue weighted by molar-refractivity contribution is 0.252. The molecule has 2 amide bonds. The molecule has 116 valence electrons. The fraction of sp³-hybridized carbons (Fsp3) is 0.333. The lowest BCUT2D eigenvalue weighted by Crippen LogP contribution is -2.30. The molecule has 1 heterocycles. The van der Waals surface area contributed by atoms with E-state index in [4.69, 9.17) is 0 Å². The van der Waals surface area contributed by atoms with Crippen molar-refractivity contribution < 1.29 is 4.79 Å². The molecule has 0 unspecified atom stereocenters. The predicted octanol–water partition coefficient (Wildman–Crippen LogP) is 3.74. The largest absolute Gasteiger partial charge is 0.337 e. The minimum atomic E-state index is -0.195. The summed E-state index contributed by atoms with van der Waals surface area (Å²) in [6, 6.07) is 13.5. The molecule has 0 spiro atoms. The Balaban J connectivity index is 1.79. The molecule has 4 heteroatoms. The number of benzene rings is 1. The smallest absolute Gasteiger partial charge is 0.319 e. The second-order valence-electron chi connectivity index (χ2n) is 6.28. The van der Waals surface area contributed by atoms with Gasteiger partial charge < -0.3 is 10.6 Å². The quantitative estimate of drug-likeness (QED) is 0.903. The molecule has 0 bridgehead atoms. The number of amides is 2. The first-order valence-electron chi connectivity index (χ1n) is 7.50. The molecule has 2 aromatic rings. The summed E-state index contributed by atoms with van der Waals surface area (Å²) in [7, 11) is 0. The van der Waals surface area contributed by atoms with Crippen LogP contribution in [0.3, 0.4) is 0 Å². The van der Waals surface area contributed by atoms with Gasteiger partial charge in [-0.2, -0.15) is 0 Å². The van der Waals surface area contributed by atoms with Gasteiger partial charge in [0.15, 0.2) is 0 Å². The fourth-order valence-corrected chi connectivity index (χ4v) is 2.08. The summed E-state index contributed by atoms with van der Waals surface area (Å²) in [4.78, 5) is 16.1. The van der Waals surface area contributed by atoms with E-state index < -0.39 is 0 Å². The van der Waals surface area contributed by atoms with Crippen LogP contribution < -0.4 is 10.6 Å². The zero-order valence-electron chi connectivity index (χ0n) is 13.4. The van der Waals surface area contributed by atoms with Gasteiger partial charge in [0.2, 0.25) is 0 Å². The van der Waals surface area contributed by atoms with Gasteiger partial charge in [-0.15, -0.1) is 0 Å². The topological polar surface area (TPSA) is 54.0 Å². The van der Waals surface area contributed by atoms with Crippen molar-refractivity contribution in [2.75, 3.05) is 11.9 Å². The Morgan fingerprint density at radius 2 is 1.82 bits per heavy atom. The van der Waals surface area contributed by atoms with Crippen molar-refractivity contribution in [3.8, 4) is 0 Å². The summed E-state index contributed by atoms with van der Waals surface area (Å²) in [5, 5.41) is 5.67. The second kappa shape index (κ2) is 7.07. The van der Waals surface area contributed by atoms with E-state index in [1.165, 1.54) is 5.56 Å². The molecule has 0 aliphatic heterocycles. The number of carbonyl (C=O) groups is 1. The lowest BCUT2D eigenvalue weighted by atomic mass is 9.87. The van der Waals surface area contributed by atoms with Crippen molar-refractivity contribution in [3.63, 3.8) is 0 Å². The number of aromatic nitrogens is 1. The molecule has 0 aliphatic carbocycles. The highest BCUT2D eigenvalue weighted by atomic mass is 16.2. The standard InChI is InChI=1S/C18H23N3O/c1-18(2,3)14-7-9-16(10-8-14)21-17(22)20-13-11-15-6-4-5-12-19-15/h4-10,12H,11,13H2,1-3H3,(H2,20,21,22). The van der Waals surface area contributed by atoms with Crippen LogP contribution >= 0.6 is 0 Å². The Morgan fingerprint density at radius 3 is 2.41 bits per heavy atom. The van der Waals surface area contributed by atoms with Crippen molar-refractivity contribution >= 4 is 11.7 Å². The second-order valence-corrected chi connectivity index (χ2v) is 6.28. The zero-order chi connectivity index (χ0) is 16.0. The highest BCUT2D eigenvalue weighted by Crippen LogP contribution is 2.23. The SMILES string of the molecule is CC(C)(C)c1ccc(NC(=O)NCCc2ccccn2)cc1. The van der Waals surface area contributed by atoms with Crippen LogP contribution in [0, 0.1) is 0 Å². The predicted molar refractivity (Wildman–Crippen MR) is 90.1 cm³/mol. The fourth-order valence-electron chi connectivity index (χ4n) is 2.08. The lowest BCUT2D eigenvalue weighted by Gasteiger charge is -2.19. The van der Waals surface area contributed by atoms with Crippen molar-refractivity contribution in [3.05, 3.63) is 59.9 Å². The van der Waals surface area contributed by atoms with Crippen LogP contribution in [0.1, 0.15) is 32.0 Å². The molecule has 0 atom stereocenters. The van der Waals surface area contributed by atoms with Crippen molar-refractivity contribution in [1.29, 1.82) is 0 Å². The average Bonchev–Trinajstić information content (AvgIpc) is 2.48. The highest BCUT2D eigenvalue weighted by Gasteiger charge is 2.13. The molecule has 4 nitrogen and oxygen atoms in total. The van der Waals surface area contributed by atoms with Crippen LogP contribution in [0.15, 0.2) is 48.7 Å². The van der Waals surface area contributed by atoms with Crippen LogP contribution in [0.4, 0.5) is 10.5 Å². The van der Waals surface area contributed by atoms with Crippen LogP contribution in [0.25, 0.3) is 0 Å². The highest BCUT2D eigenvalue weighted by molar-refractivity contribution is 5.89. The van der Waals surface area contributed by atoms with Crippen LogP contribution in [-0.4, -0.2) is 17.6 Å². The third-order valence-electron chi connectivity index (χ3n) is 3.40. The molecule has 0 aliphatic rings. The van der Waals surface area contributed by atoms with Gasteiger partial charge in [-0.05, 0) is 35.2 Å². The number of nitrogens with zero attached hydrogens (tertiary/aromatic N) is 1. The first-order chi connectivity index (χ1) is 10.4. The molecule has 1 aromatic carbocycles. The molecule has 2 rings (SSSR count). The molecular weight excluding hydrogens is 274 g/mol. The molecule has 2 N–H and O–H groups in total. The minimum Gasteiger partial charge on any atom is -0.337 e. The number of hydrogen-bond donors (Lipinski definition) is 2. The van der Waals surface area contributed by atoms with Crippen LogP contribution in [-0.2, 0) is 11.8 Å². The van der Waals surface area contributed by atoms with E-state index in [1.807, 2.05) is 42.5 Å². The third-order valence-corrected chi connectivity index (χ3v) is 3.40. The van der Waals surface area contributed by atoms with E-state index >= 15 is 0 Å². The summed E-state index contributed by atoms with van der Waals surface area (Å²) in [6.07, 6.45) is 2.48. The third kappa shape index (κ3) is 4.88. The Hall–Kier alpha value is -2.36. The van der Waals surface area contributed by atoms with Gasteiger partial charge in [0.05, 0.1) is 0 Å². The molecule has 0 saturated heterocycles. The van der Waals surface area contributed by atoms with Gasteiger partial charge in [-0.1, -0.05) is 39.0 Å². The number of anilines is 1. The van der Waals surface area contributed by atoms with E-state index in [-0.39, 0.29) is 11.4 Å². The van der Waals surface area contributed by atoms with E-state index in [0.717, 1.165) is 17.8 Å². The monoisotopic (exact) mass is 297 g/mol. The number of urea groups is 1. The Morgan fingerprint density at radius 1 is 1.09 bits per heavy atom. The molecule has 0 radical (unpaired) electrons. The van der Waals surface area contributed by atoms with Crippen molar-refractivity contribution in [1.82, 2.24) is 10.3 Å². The summed E-state index contributed by atoms with van der Waals surface area (Å²) in [5.74, 6) is 0. The van der Waals surface area contributed by atoms with Crippen molar-refractivity contribution in [2.45, 2.75) is 32.6 Å². The molecule has 0 fully saturated rings. The van der Waals surface area contributed by atoms with Crippen molar-refractivity contribution in [2.24, 2.45) is 0 Å².